The lowest BCUT2D eigenvalue weighted by Crippen LogP contribution is -1.97. The topological polar surface area (TPSA) is 9.23 Å². The second-order valence-corrected chi connectivity index (χ2v) is 4.01. The van der Waals surface area contributed by atoms with E-state index in [0.29, 0.717) is 17.9 Å². The fourth-order valence-corrected chi connectivity index (χ4v) is 1.62. The van der Waals surface area contributed by atoms with Gasteiger partial charge in [-0.05, 0) is 30.2 Å². The van der Waals surface area contributed by atoms with Gasteiger partial charge in [-0.3, -0.25) is 0 Å². The molecule has 0 heterocycles. The smallest absolute Gasteiger partial charge is 0.167 e. The normalized spacial score (nSPS) is 10.8. The van der Waals surface area contributed by atoms with Crippen molar-refractivity contribution in [3.05, 3.63) is 71.6 Å². The Morgan fingerprint density at radius 3 is 2.61 bits per heavy atom. The van der Waals surface area contributed by atoms with Gasteiger partial charge >= 0.3 is 0 Å². The van der Waals surface area contributed by atoms with Gasteiger partial charge in [-0.15, -0.1) is 0 Å². The van der Waals surface area contributed by atoms with Crippen LogP contribution in [-0.4, -0.2) is 6.61 Å². The van der Waals surface area contributed by atoms with Crippen LogP contribution in [0, 0.1) is 12.7 Å². The molecular formula is C16H15FO. The zero-order valence-electron chi connectivity index (χ0n) is 10.3. The molecule has 2 rings (SSSR count). The molecule has 0 spiro atoms. The Hall–Kier alpha value is -2.09. The van der Waals surface area contributed by atoms with Crippen molar-refractivity contribution in [2.75, 3.05) is 6.61 Å². The molecule has 0 bridgehead atoms. The van der Waals surface area contributed by atoms with Crippen LogP contribution < -0.4 is 4.74 Å². The van der Waals surface area contributed by atoms with Crippen LogP contribution in [0.4, 0.5) is 4.39 Å². The van der Waals surface area contributed by atoms with Gasteiger partial charge in [-0.2, -0.15) is 0 Å². The van der Waals surface area contributed by atoms with Gasteiger partial charge in [0.25, 0.3) is 0 Å². The van der Waals surface area contributed by atoms with E-state index in [0.717, 1.165) is 5.56 Å². The van der Waals surface area contributed by atoms with Crippen molar-refractivity contribution in [3.8, 4) is 5.75 Å². The van der Waals surface area contributed by atoms with Crippen molar-refractivity contribution < 1.29 is 9.13 Å². The van der Waals surface area contributed by atoms with E-state index in [-0.39, 0.29) is 5.82 Å². The molecule has 18 heavy (non-hydrogen) atoms. The molecule has 0 aliphatic rings. The predicted octanol–water partition coefficient (Wildman–Crippen LogP) is 4.23. The van der Waals surface area contributed by atoms with E-state index in [4.69, 9.17) is 4.74 Å². The summed E-state index contributed by atoms with van der Waals surface area (Å²) >= 11 is 0. The molecule has 0 radical (unpaired) electrons. The summed E-state index contributed by atoms with van der Waals surface area (Å²) in [6, 6.07) is 15.1. The third kappa shape index (κ3) is 3.20. The molecule has 0 saturated carbocycles. The minimum atomic E-state index is -0.286. The lowest BCUT2D eigenvalue weighted by atomic mass is 10.2. The van der Waals surface area contributed by atoms with E-state index in [1.165, 1.54) is 0 Å². The van der Waals surface area contributed by atoms with Crippen LogP contribution >= 0.6 is 0 Å². The number of benzene rings is 2. The monoisotopic (exact) mass is 242 g/mol. The molecule has 0 amide bonds. The zero-order chi connectivity index (χ0) is 12.8. The molecule has 1 nitrogen and oxygen atoms in total. The van der Waals surface area contributed by atoms with Crippen LogP contribution in [0.25, 0.3) is 6.08 Å². The molecule has 0 aliphatic carbocycles. The Morgan fingerprint density at radius 2 is 1.83 bits per heavy atom. The first kappa shape index (κ1) is 12.4. The summed E-state index contributed by atoms with van der Waals surface area (Å²) in [4.78, 5) is 0. The largest absolute Gasteiger partial charge is 0.486 e. The lowest BCUT2D eigenvalue weighted by molar-refractivity contribution is 0.341. The van der Waals surface area contributed by atoms with Gasteiger partial charge in [0.05, 0.1) is 0 Å². The average Bonchev–Trinajstić information content (AvgIpc) is 2.40. The van der Waals surface area contributed by atoms with Crippen LogP contribution in [0.5, 0.6) is 5.75 Å². The number of aryl methyl sites for hydroxylation is 1. The van der Waals surface area contributed by atoms with E-state index in [2.05, 4.69) is 0 Å². The quantitative estimate of drug-likeness (QED) is 0.779. The zero-order valence-corrected chi connectivity index (χ0v) is 10.3. The Labute approximate surface area is 107 Å². The second-order valence-electron chi connectivity index (χ2n) is 4.01. The molecule has 0 aliphatic heterocycles. The van der Waals surface area contributed by atoms with Crippen molar-refractivity contribution in [2.45, 2.75) is 6.92 Å². The molecule has 92 valence electrons. The van der Waals surface area contributed by atoms with Crippen LogP contribution in [0.3, 0.4) is 0 Å². The first-order chi connectivity index (χ1) is 8.77. The summed E-state index contributed by atoms with van der Waals surface area (Å²) in [5.74, 6) is 0.0123. The van der Waals surface area contributed by atoms with Gasteiger partial charge in [0.15, 0.2) is 11.6 Å². The highest BCUT2D eigenvalue weighted by Crippen LogP contribution is 2.19. The molecule has 0 atom stereocenters. The fraction of sp³-hybridized carbons (Fsp3) is 0.125. The summed E-state index contributed by atoms with van der Waals surface area (Å²) in [5.41, 5.74) is 1.70. The first-order valence-electron chi connectivity index (χ1n) is 5.87. The van der Waals surface area contributed by atoms with Crippen molar-refractivity contribution in [3.63, 3.8) is 0 Å². The highest BCUT2D eigenvalue weighted by Gasteiger charge is 2.03. The Balaban J connectivity index is 1.93. The lowest BCUT2D eigenvalue weighted by Gasteiger charge is -2.05. The summed E-state index contributed by atoms with van der Waals surface area (Å²) in [5, 5.41) is 0. The van der Waals surface area contributed by atoms with Crippen LogP contribution in [0.15, 0.2) is 54.6 Å². The number of rotatable bonds is 4. The fourth-order valence-electron chi connectivity index (χ4n) is 1.62. The van der Waals surface area contributed by atoms with E-state index in [1.807, 2.05) is 42.5 Å². The van der Waals surface area contributed by atoms with Gasteiger partial charge in [-0.1, -0.05) is 48.5 Å². The van der Waals surface area contributed by atoms with E-state index < -0.39 is 0 Å². The standard InChI is InChI=1S/C16H15FO/c1-13-7-5-11-15(16(13)17)18-12-6-10-14-8-3-2-4-9-14/h2-11H,12H2,1H3/b10-6+. The maximum Gasteiger partial charge on any atom is 0.167 e. The molecule has 0 N–H and O–H groups in total. The molecule has 0 aromatic heterocycles. The van der Waals surface area contributed by atoms with Gasteiger partial charge in [-0.25, -0.2) is 4.39 Å². The number of halogens is 1. The maximum absolute atomic E-state index is 13.6. The third-order valence-corrected chi connectivity index (χ3v) is 2.60. The minimum absolute atomic E-state index is 0.286. The summed E-state index contributed by atoms with van der Waals surface area (Å²) in [6.45, 7) is 2.08. The van der Waals surface area contributed by atoms with Gasteiger partial charge in [0.1, 0.15) is 6.61 Å². The molecule has 0 unspecified atom stereocenters. The highest BCUT2D eigenvalue weighted by atomic mass is 19.1. The van der Waals surface area contributed by atoms with Crippen molar-refractivity contribution in [1.82, 2.24) is 0 Å². The van der Waals surface area contributed by atoms with Gasteiger partial charge in [0.2, 0.25) is 0 Å². The molecule has 2 aromatic carbocycles. The van der Waals surface area contributed by atoms with E-state index in [1.54, 1.807) is 25.1 Å². The average molecular weight is 242 g/mol. The van der Waals surface area contributed by atoms with Crippen molar-refractivity contribution in [2.24, 2.45) is 0 Å². The Bertz CT molecular complexity index is 532. The van der Waals surface area contributed by atoms with Crippen LogP contribution in [-0.2, 0) is 0 Å². The van der Waals surface area contributed by atoms with Crippen LogP contribution in [0.1, 0.15) is 11.1 Å². The maximum atomic E-state index is 13.6. The second kappa shape index (κ2) is 6.01. The predicted molar refractivity (Wildman–Crippen MR) is 72.1 cm³/mol. The Morgan fingerprint density at radius 1 is 1.06 bits per heavy atom. The van der Waals surface area contributed by atoms with Crippen LogP contribution in [0.2, 0.25) is 0 Å². The molecular weight excluding hydrogens is 227 g/mol. The highest BCUT2D eigenvalue weighted by molar-refractivity contribution is 5.48. The SMILES string of the molecule is Cc1cccc(OC/C=C/c2ccccc2)c1F. The van der Waals surface area contributed by atoms with E-state index in [9.17, 15) is 4.39 Å². The van der Waals surface area contributed by atoms with Crippen molar-refractivity contribution in [1.29, 1.82) is 0 Å². The Kier molecular flexibility index (Phi) is 4.13. The van der Waals surface area contributed by atoms with Crippen molar-refractivity contribution >= 4 is 6.08 Å². The molecule has 2 heteroatoms. The molecule has 2 aromatic rings. The van der Waals surface area contributed by atoms with Gasteiger partial charge < -0.3 is 4.74 Å². The third-order valence-electron chi connectivity index (χ3n) is 2.60. The van der Waals surface area contributed by atoms with Gasteiger partial charge in [0, 0.05) is 0 Å². The van der Waals surface area contributed by atoms with E-state index >= 15 is 0 Å². The molecule has 0 saturated heterocycles. The number of hydrogen-bond acceptors (Lipinski definition) is 1. The number of hydrogen-bond donors (Lipinski definition) is 0. The minimum Gasteiger partial charge on any atom is -0.486 e. The summed E-state index contributed by atoms with van der Waals surface area (Å²) in [6.07, 6.45) is 3.82. The first-order valence-corrected chi connectivity index (χ1v) is 5.87. The molecule has 0 fully saturated rings. The number of ether oxygens (including phenoxy) is 1. The summed E-state index contributed by atoms with van der Waals surface area (Å²) < 4.78 is 19.0. The summed E-state index contributed by atoms with van der Waals surface area (Å²) in [7, 11) is 0.